The van der Waals surface area contributed by atoms with E-state index >= 15 is 0 Å². The molecule has 0 bridgehead atoms. The molecule has 116 valence electrons. The molecule has 22 heavy (non-hydrogen) atoms. The highest BCUT2D eigenvalue weighted by Crippen LogP contribution is 2.21. The van der Waals surface area contributed by atoms with E-state index in [0.29, 0.717) is 18.5 Å². The molecule has 1 saturated heterocycles. The maximum Gasteiger partial charge on any atom is 0.251 e. The smallest absolute Gasteiger partial charge is 0.251 e. The van der Waals surface area contributed by atoms with Gasteiger partial charge >= 0.3 is 0 Å². The van der Waals surface area contributed by atoms with E-state index in [4.69, 9.17) is 0 Å². The Morgan fingerprint density at radius 3 is 2.68 bits per heavy atom. The third-order valence-electron chi connectivity index (χ3n) is 4.15. The average molecular weight is 299 g/mol. The molecular weight excluding hydrogens is 278 g/mol. The van der Waals surface area contributed by atoms with Crippen LogP contribution in [0.1, 0.15) is 29.6 Å². The van der Waals surface area contributed by atoms with Crippen LogP contribution in [0, 0.1) is 0 Å². The number of rotatable bonds is 4. The lowest BCUT2D eigenvalue weighted by atomic mass is 10.1. The summed E-state index contributed by atoms with van der Waals surface area (Å²) in [5.74, 6) is 0.0915. The van der Waals surface area contributed by atoms with Crippen LogP contribution >= 0.6 is 0 Å². The summed E-state index contributed by atoms with van der Waals surface area (Å²) in [5, 5.41) is 6.20. The van der Waals surface area contributed by atoms with E-state index < -0.39 is 0 Å². The van der Waals surface area contributed by atoms with Crippen LogP contribution in [0.2, 0.25) is 0 Å². The third-order valence-corrected chi connectivity index (χ3v) is 4.15. The van der Waals surface area contributed by atoms with Crippen molar-refractivity contribution in [3.8, 4) is 0 Å². The second kappa shape index (κ2) is 6.75. The first-order valence-corrected chi connectivity index (χ1v) is 7.81. The van der Waals surface area contributed by atoms with Gasteiger partial charge in [0, 0.05) is 37.3 Å². The Morgan fingerprint density at radius 2 is 2.05 bits per heavy atom. The fourth-order valence-electron chi connectivity index (χ4n) is 2.84. The first-order chi connectivity index (χ1) is 10.7. The molecule has 5 heteroatoms. The van der Waals surface area contributed by atoms with E-state index in [1.54, 1.807) is 17.0 Å². The Hall–Kier alpha value is -2.14. The molecule has 0 atom stereocenters. The second-order valence-corrected chi connectivity index (χ2v) is 5.69. The third kappa shape index (κ3) is 3.36. The molecule has 5 nitrogen and oxygen atoms in total. The summed E-state index contributed by atoms with van der Waals surface area (Å²) >= 11 is 0. The number of hydrogen-bond donors (Lipinski definition) is 2. The predicted molar refractivity (Wildman–Crippen MR) is 85.9 cm³/mol. The van der Waals surface area contributed by atoms with Crippen molar-refractivity contribution in [1.29, 1.82) is 0 Å². The van der Waals surface area contributed by atoms with E-state index in [-0.39, 0.29) is 11.8 Å². The molecule has 0 aliphatic carbocycles. The highest BCUT2D eigenvalue weighted by molar-refractivity contribution is 5.97. The van der Waals surface area contributed by atoms with Gasteiger partial charge in [-0.05, 0) is 43.7 Å². The number of carbonyl (C=O) groups is 2. The van der Waals surface area contributed by atoms with E-state index in [1.807, 2.05) is 12.1 Å². The summed E-state index contributed by atoms with van der Waals surface area (Å²) in [6.45, 7) is 3.23. The van der Waals surface area contributed by atoms with Gasteiger partial charge in [0.25, 0.3) is 5.91 Å². The lowest BCUT2D eigenvalue weighted by Crippen LogP contribution is -2.29. The number of nitrogens with zero attached hydrogens (tertiary/aromatic N) is 1. The molecule has 2 aliphatic rings. The zero-order valence-electron chi connectivity index (χ0n) is 12.6. The van der Waals surface area contributed by atoms with Gasteiger partial charge in [0.2, 0.25) is 5.91 Å². The van der Waals surface area contributed by atoms with Crippen molar-refractivity contribution in [1.82, 2.24) is 10.6 Å². The van der Waals surface area contributed by atoms with Crippen LogP contribution < -0.4 is 15.5 Å². The zero-order valence-corrected chi connectivity index (χ0v) is 12.6. The number of anilines is 1. The summed E-state index contributed by atoms with van der Waals surface area (Å²) < 4.78 is 0. The number of nitrogens with one attached hydrogen (secondary N) is 2. The monoisotopic (exact) mass is 299 g/mol. The van der Waals surface area contributed by atoms with Crippen LogP contribution in [0.25, 0.3) is 0 Å². The van der Waals surface area contributed by atoms with Crippen LogP contribution in [0.5, 0.6) is 0 Å². The molecular formula is C17H21N3O2. The zero-order chi connectivity index (χ0) is 15.4. The van der Waals surface area contributed by atoms with Gasteiger partial charge in [-0.3, -0.25) is 9.59 Å². The van der Waals surface area contributed by atoms with Crippen LogP contribution in [-0.2, 0) is 4.79 Å². The Morgan fingerprint density at radius 1 is 1.23 bits per heavy atom. The van der Waals surface area contributed by atoms with Gasteiger partial charge in [-0.15, -0.1) is 0 Å². The normalized spacial score (nSPS) is 18.3. The quantitative estimate of drug-likeness (QED) is 0.828. The van der Waals surface area contributed by atoms with Gasteiger partial charge in [-0.25, -0.2) is 0 Å². The maximum atomic E-state index is 12.1. The summed E-state index contributed by atoms with van der Waals surface area (Å²) in [4.78, 5) is 25.6. The molecule has 1 fully saturated rings. The van der Waals surface area contributed by atoms with Crippen molar-refractivity contribution >= 4 is 17.5 Å². The molecule has 0 aromatic heterocycles. The molecule has 0 radical (unpaired) electrons. The van der Waals surface area contributed by atoms with Crippen molar-refractivity contribution in [2.45, 2.75) is 19.3 Å². The highest BCUT2D eigenvalue weighted by atomic mass is 16.2. The van der Waals surface area contributed by atoms with Gasteiger partial charge in [0.05, 0.1) is 0 Å². The van der Waals surface area contributed by atoms with Crippen LogP contribution in [0.4, 0.5) is 5.69 Å². The lowest BCUT2D eigenvalue weighted by Gasteiger charge is -2.16. The Labute approximate surface area is 130 Å². The second-order valence-electron chi connectivity index (χ2n) is 5.69. The SMILES string of the molecule is O=C(NCC1=CCNCC1)c1ccc(N2CCCC2=O)cc1. The van der Waals surface area contributed by atoms with Gasteiger partial charge in [-0.2, -0.15) is 0 Å². The first-order valence-electron chi connectivity index (χ1n) is 7.81. The molecule has 0 unspecified atom stereocenters. The summed E-state index contributed by atoms with van der Waals surface area (Å²) in [6, 6.07) is 7.27. The average Bonchev–Trinajstić information content (AvgIpc) is 3.00. The van der Waals surface area contributed by atoms with Crippen molar-refractivity contribution in [2.75, 3.05) is 31.1 Å². The topological polar surface area (TPSA) is 61.4 Å². The standard InChI is InChI=1S/C17H21N3O2/c21-16-2-1-11-20(16)15-5-3-14(4-6-15)17(22)19-12-13-7-9-18-10-8-13/h3-7,18H,1-2,8-12H2,(H,19,22). The van der Waals surface area contributed by atoms with Crippen molar-refractivity contribution in [2.24, 2.45) is 0 Å². The number of benzene rings is 1. The van der Waals surface area contributed by atoms with Gasteiger partial charge < -0.3 is 15.5 Å². The van der Waals surface area contributed by atoms with Gasteiger partial charge in [0.15, 0.2) is 0 Å². The first kappa shape index (κ1) is 14.8. The van der Waals surface area contributed by atoms with E-state index in [2.05, 4.69) is 16.7 Å². The van der Waals surface area contributed by atoms with Crippen LogP contribution in [0.3, 0.4) is 0 Å². The van der Waals surface area contributed by atoms with Crippen molar-refractivity contribution in [3.05, 3.63) is 41.5 Å². The lowest BCUT2D eigenvalue weighted by molar-refractivity contribution is -0.117. The number of carbonyl (C=O) groups excluding carboxylic acids is 2. The molecule has 3 rings (SSSR count). The van der Waals surface area contributed by atoms with Crippen molar-refractivity contribution in [3.63, 3.8) is 0 Å². The Kier molecular flexibility index (Phi) is 4.53. The molecule has 0 saturated carbocycles. The van der Waals surface area contributed by atoms with Crippen molar-refractivity contribution < 1.29 is 9.59 Å². The minimum atomic E-state index is -0.0706. The van der Waals surface area contributed by atoms with Gasteiger partial charge in [0.1, 0.15) is 0 Å². The minimum Gasteiger partial charge on any atom is -0.348 e. The molecule has 2 heterocycles. The van der Waals surface area contributed by atoms with Crippen LogP contribution in [-0.4, -0.2) is 38.0 Å². The fourth-order valence-corrected chi connectivity index (χ4v) is 2.84. The Bertz CT molecular complexity index is 592. The predicted octanol–water partition coefficient (Wildman–Crippen LogP) is 1.46. The number of amides is 2. The van der Waals surface area contributed by atoms with E-state index in [9.17, 15) is 9.59 Å². The summed E-state index contributed by atoms with van der Waals surface area (Å²) in [5.41, 5.74) is 2.77. The Balaban J connectivity index is 1.58. The molecule has 2 aliphatic heterocycles. The minimum absolute atomic E-state index is 0.0706. The molecule has 2 amide bonds. The molecule has 1 aromatic carbocycles. The summed E-state index contributed by atoms with van der Waals surface area (Å²) in [6.07, 6.45) is 4.64. The summed E-state index contributed by atoms with van der Waals surface area (Å²) in [7, 11) is 0. The van der Waals surface area contributed by atoms with E-state index in [1.165, 1.54) is 5.57 Å². The largest absolute Gasteiger partial charge is 0.348 e. The van der Waals surface area contributed by atoms with Crippen LogP contribution in [0.15, 0.2) is 35.9 Å². The number of hydrogen-bond acceptors (Lipinski definition) is 3. The van der Waals surface area contributed by atoms with Gasteiger partial charge in [-0.1, -0.05) is 11.6 Å². The molecule has 1 aromatic rings. The molecule has 2 N–H and O–H groups in total. The van der Waals surface area contributed by atoms with E-state index in [0.717, 1.165) is 38.2 Å². The molecule has 0 spiro atoms. The maximum absolute atomic E-state index is 12.1. The fraction of sp³-hybridized carbons (Fsp3) is 0.412. The highest BCUT2D eigenvalue weighted by Gasteiger charge is 2.21.